The van der Waals surface area contributed by atoms with Crippen LogP contribution in [-0.4, -0.2) is 22.9 Å². The van der Waals surface area contributed by atoms with E-state index >= 15 is 0 Å². The fourth-order valence-corrected chi connectivity index (χ4v) is 1.32. The van der Waals surface area contributed by atoms with Crippen LogP contribution in [0.5, 0.6) is 5.75 Å². The van der Waals surface area contributed by atoms with Gasteiger partial charge >= 0.3 is 0 Å². The van der Waals surface area contributed by atoms with Gasteiger partial charge in [-0.05, 0) is 24.1 Å². The Bertz CT molecular complexity index is 331. The van der Waals surface area contributed by atoms with E-state index in [2.05, 4.69) is 5.32 Å². The average molecular weight is 231 g/mol. The summed E-state index contributed by atoms with van der Waals surface area (Å²) in [4.78, 5) is 0. The van der Waals surface area contributed by atoms with E-state index in [1.807, 2.05) is 6.92 Å². The zero-order valence-electron chi connectivity index (χ0n) is 9.00. The van der Waals surface area contributed by atoms with Crippen LogP contribution in [-0.2, 0) is 6.54 Å². The first-order valence-corrected chi connectivity index (χ1v) is 5.09. The number of nitrogens with one attached hydrogen (secondary N) is 1. The van der Waals surface area contributed by atoms with Crippen LogP contribution in [0.4, 0.5) is 8.78 Å². The third-order valence-electron chi connectivity index (χ3n) is 2.38. The van der Waals surface area contributed by atoms with E-state index in [9.17, 15) is 8.78 Å². The van der Waals surface area contributed by atoms with Gasteiger partial charge in [-0.15, -0.1) is 0 Å². The summed E-state index contributed by atoms with van der Waals surface area (Å²) in [5.41, 5.74) is 0.389. The van der Waals surface area contributed by atoms with Crippen molar-refractivity contribution in [2.45, 2.75) is 25.9 Å². The lowest BCUT2D eigenvalue weighted by Crippen LogP contribution is -2.31. The molecule has 1 aromatic carbocycles. The average Bonchev–Trinajstić information content (AvgIpc) is 2.27. The van der Waals surface area contributed by atoms with Crippen molar-refractivity contribution in [1.82, 2.24) is 5.32 Å². The first-order valence-electron chi connectivity index (χ1n) is 5.09. The molecule has 0 aliphatic rings. The molecule has 90 valence electrons. The van der Waals surface area contributed by atoms with Gasteiger partial charge in [0.05, 0.1) is 6.61 Å². The molecule has 3 nitrogen and oxygen atoms in total. The maximum Gasteiger partial charge on any atom is 0.187 e. The highest BCUT2D eigenvalue weighted by molar-refractivity contribution is 5.29. The van der Waals surface area contributed by atoms with E-state index in [1.165, 1.54) is 0 Å². The minimum Gasteiger partial charge on any atom is -0.503 e. The van der Waals surface area contributed by atoms with Crippen molar-refractivity contribution in [3.05, 3.63) is 29.3 Å². The molecule has 0 unspecified atom stereocenters. The van der Waals surface area contributed by atoms with Gasteiger partial charge in [-0.3, -0.25) is 0 Å². The number of aliphatic hydroxyl groups is 1. The number of hydrogen-bond donors (Lipinski definition) is 3. The van der Waals surface area contributed by atoms with Crippen molar-refractivity contribution in [3.63, 3.8) is 0 Å². The number of halogens is 2. The standard InChI is InChI=1S/C11H15F2NO2/c1-2-8(6-15)14-5-7-3-9(12)11(16)10(13)4-7/h3-4,8,14-16H,2,5-6H2,1H3/t8-/m0/s1. The Balaban J connectivity index is 2.68. The lowest BCUT2D eigenvalue weighted by Gasteiger charge is -2.14. The van der Waals surface area contributed by atoms with Gasteiger partial charge in [0.2, 0.25) is 0 Å². The summed E-state index contributed by atoms with van der Waals surface area (Å²) in [6.45, 7) is 2.11. The Hall–Kier alpha value is -1.20. The summed E-state index contributed by atoms with van der Waals surface area (Å²) in [5, 5.41) is 20.7. The van der Waals surface area contributed by atoms with Crippen molar-refractivity contribution in [1.29, 1.82) is 0 Å². The summed E-state index contributed by atoms with van der Waals surface area (Å²) in [6, 6.07) is 2.03. The largest absolute Gasteiger partial charge is 0.503 e. The molecule has 3 N–H and O–H groups in total. The molecule has 0 saturated heterocycles. The molecule has 16 heavy (non-hydrogen) atoms. The fraction of sp³-hybridized carbons (Fsp3) is 0.455. The molecule has 1 aromatic rings. The topological polar surface area (TPSA) is 52.5 Å². The monoisotopic (exact) mass is 231 g/mol. The van der Waals surface area contributed by atoms with E-state index in [0.29, 0.717) is 5.56 Å². The normalized spacial score (nSPS) is 12.8. The molecule has 0 spiro atoms. The van der Waals surface area contributed by atoms with Crippen LogP contribution >= 0.6 is 0 Å². The van der Waals surface area contributed by atoms with Crippen molar-refractivity contribution in [2.75, 3.05) is 6.61 Å². The van der Waals surface area contributed by atoms with Gasteiger partial charge < -0.3 is 15.5 Å². The maximum atomic E-state index is 13.0. The number of hydrogen-bond acceptors (Lipinski definition) is 3. The third-order valence-corrected chi connectivity index (χ3v) is 2.38. The molecule has 1 atom stereocenters. The smallest absolute Gasteiger partial charge is 0.187 e. The van der Waals surface area contributed by atoms with Crippen molar-refractivity contribution in [2.24, 2.45) is 0 Å². The van der Waals surface area contributed by atoms with E-state index in [-0.39, 0.29) is 19.2 Å². The highest BCUT2D eigenvalue weighted by Crippen LogP contribution is 2.21. The lowest BCUT2D eigenvalue weighted by molar-refractivity contribution is 0.238. The van der Waals surface area contributed by atoms with Gasteiger partial charge in [-0.1, -0.05) is 6.92 Å². The predicted molar refractivity (Wildman–Crippen MR) is 56.0 cm³/mol. The Morgan fingerprint density at radius 3 is 2.31 bits per heavy atom. The highest BCUT2D eigenvalue weighted by Gasteiger charge is 2.10. The van der Waals surface area contributed by atoms with Crippen molar-refractivity contribution >= 4 is 0 Å². The van der Waals surface area contributed by atoms with Gasteiger partial charge in [0.15, 0.2) is 17.4 Å². The van der Waals surface area contributed by atoms with Gasteiger partial charge in [-0.2, -0.15) is 0 Å². The third kappa shape index (κ3) is 3.15. The number of phenolic OH excluding ortho intramolecular Hbond substituents is 1. The Morgan fingerprint density at radius 2 is 1.88 bits per heavy atom. The molecule has 0 aliphatic carbocycles. The molecule has 1 rings (SSSR count). The van der Waals surface area contributed by atoms with Gasteiger partial charge in [-0.25, -0.2) is 8.78 Å². The maximum absolute atomic E-state index is 13.0. The van der Waals surface area contributed by atoms with Crippen LogP contribution in [0.3, 0.4) is 0 Å². The zero-order valence-corrected chi connectivity index (χ0v) is 9.00. The molecule has 0 radical (unpaired) electrons. The van der Waals surface area contributed by atoms with Crippen LogP contribution in [0.2, 0.25) is 0 Å². The number of phenols is 1. The summed E-state index contributed by atoms with van der Waals surface area (Å²) in [5.74, 6) is -2.92. The minimum atomic E-state index is -0.978. The first kappa shape index (κ1) is 12.9. The summed E-state index contributed by atoms with van der Waals surface area (Å²) in [6.07, 6.45) is 0.722. The van der Waals surface area contributed by atoms with Crippen molar-refractivity contribution < 1.29 is 19.0 Å². The van der Waals surface area contributed by atoms with Crippen LogP contribution < -0.4 is 5.32 Å². The fourth-order valence-electron chi connectivity index (χ4n) is 1.32. The Labute approximate surface area is 92.7 Å². The zero-order chi connectivity index (χ0) is 12.1. The predicted octanol–water partition coefficient (Wildman–Crippen LogP) is 1.53. The molecule has 5 heteroatoms. The summed E-state index contributed by atoms with van der Waals surface area (Å²) < 4.78 is 25.9. The second kappa shape index (κ2) is 5.77. The van der Waals surface area contributed by atoms with E-state index < -0.39 is 17.4 Å². The number of aliphatic hydroxyl groups excluding tert-OH is 1. The molecule has 0 saturated carbocycles. The SMILES string of the molecule is CC[C@@H](CO)NCc1cc(F)c(O)c(F)c1. The minimum absolute atomic E-state index is 0.0282. The second-order valence-corrected chi connectivity index (χ2v) is 3.58. The van der Waals surface area contributed by atoms with Gasteiger partial charge in [0, 0.05) is 12.6 Å². The van der Waals surface area contributed by atoms with Crippen LogP contribution in [0, 0.1) is 11.6 Å². The van der Waals surface area contributed by atoms with Crippen LogP contribution in [0.1, 0.15) is 18.9 Å². The Kier molecular flexibility index (Phi) is 4.64. The van der Waals surface area contributed by atoms with E-state index in [1.54, 1.807) is 0 Å². The summed E-state index contributed by atoms with van der Waals surface area (Å²) >= 11 is 0. The van der Waals surface area contributed by atoms with Crippen LogP contribution in [0.25, 0.3) is 0 Å². The molecule has 0 fully saturated rings. The first-order chi connectivity index (χ1) is 7.58. The van der Waals surface area contributed by atoms with E-state index in [4.69, 9.17) is 10.2 Å². The van der Waals surface area contributed by atoms with Crippen LogP contribution in [0.15, 0.2) is 12.1 Å². The second-order valence-electron chi connectivity index (χ2n) is 3.58. The number of aromatic hydroxyl groups is 1. The van der Waals surface area contributed by atoms with Gasteiger partial charge in [0.25, 0.3) is 0 Å². The molecule has 0 amide bonds. The lowest BCUT2D eigenvalue weighted by atomic mass is 10.1. The van der Waals surface area contributed by atoms with Gasteiger partial charge in [0.1, 0.15) is 0 Å². The number of rotatable bonds is 5. The molecular formula is C11H15F2NO2. The Morgan fingerprint density at radius 1 is 1.31 bits per heavy atom. The highest BCUT2D eigenvalue weighted by atomic mass is 19.1. The molecular weight excluding hydrogens is 216 g/mol. The molecule has 0 aromatic heterocycles. The molecule has 0 bridgehead atoms. The van der Waals surface area contributed by atoms with E-state index in [0.717, 1.165) is 18.6 Å². The van der Waals surface area contributed by atoms with Crippen molar-refractivity contribution in [3.8, 4) is 5.75 Å². The molecule has 0 aliphatic heterocycles. The summed E-state index contributed by atoms with van der Waals surface area (Å²) in [7, 11) is 0. The molecule has 0 heterocycles. The number of benzene rings is 1. The quantitative estimate of drug-likeness (QED) is 0.720.